The maximum atomic E-state index is 13.3. The van der Waals surface area contributed by atoms with E-state index in [0.29, 0.717) is 16.2 Å². The van der Waals surface area contributed by atoms with Gasteiger partial charge in [-0.25, -0.2) is 14.4 Å². The topological polar surface area (TPSA) is 130 Å². The van der Waals surface area contributed by atoms with E-state index in [-0.39, 0.29) is 11.3 Å². The van der Waals surface area contributed by atoms with E-state index in [0.717, 1.165) is 0 Å². The van der Waals surface area contributed by atoms with E-state index >= 15 is 0 Å². The number of methoxy groups -OCH3 is 1. The Balaban J connectivity index is 0.00000667. The molecular formula is C28H45N3O7. The molecule has 0 fully saturated rings. The van der Waals surface area contributed by atoms with Crippen LogP contribution in [-0.2, 0) is 14.2 Å². The van der Waals surface area contributed by atoms with E-state index in [1.807, 2.05) is 13.8 Å². The van der Waals surface area contributed by atoms with Gasteiger partial charge in [0.2, 0.25) is 0 Å². The second-order valence-electron chi connectivity index (χ2n) is 11.0. The molecule has 0 heterocycles. The summed E-state index contributed by atoms with van der Waals surface area (Å²) < 4.78 is 21.6. The molecule has 0 aromatic heterocycles. The molecule has 10 nitrogen and oxygen atoms in total. The molecule has 0 radical (unpaired) electrons. The molecule has 0 unspecified atom stereocenters. The normalized spacial score (nSPS) is 12.8. The van der Waals surface area contributed by atoms with E-state index in [2.05, 4.69) is 4.99 Å². The number of para-hydroxylation sites is 1. The first-order valence-electron chi connectivity index (χ1n) is 12.4. The van der Waals surface area contributed by atoms with Crippen molar-refractivity contribution in [2.24, 2.45) is 10.7 Å². The summed E-state index contributed by atoms with van der Waals surface area (Å²) in [5.41, 5.74) is 4.29. The van der Waals surface area contributed by atoms with E-state index in [9.17, 15) is 14.4 Å². The van der Waals surface area contributed by atoms with Crippen LogP contribution in [0.4, 0.5) is 14.4 Å². The van der Waals surface area contributed by atoms with Crippen molar-refractivity contribution >= 4 is 29.8 Å². The average Bonchev–Trinajstić information content (AvgIpc) is 2.75. The molecule has 214 valence electrons. The minimum Gasteiger partial charge on any atom is -0.496 e. The van der Waals surface area contributed by atoms with E-state index in [1.165, 1.54) is 14.0 Å². The van der Waals surface area contributed by atoms with Crippen molar-refractivity contribution in [1.82, 2.24) is 4.90 Å². The Bertz CT molecular complexity index is 1010. The third kappa shape index (κ3) is 11.7. The highest BCUT2D eigenvalue weighted by Gasteiger charge is 2.37. The molecule has 10 heteroatoms. The van der Waals surface area contributed by atoms with Gasteiger partial charge in [-0.1, -0.05) is 26.0 Å². The summed E-state index contributed by atoms with van der Waals surface area (Å²) in [6, 6.07) is 6.88. The van der Waals surface area contributed by atoms with Crippen LogP contribution >= 0.6 is 0 Å². The molecule has 0 saturated heterocycles. The molecule has 3 amide bonds. The number of hydrogen-bond acceptors (Lipinski definition) is 8. The number of rotatable bonds is 3. The predicted molar refractivity (Wildman–Crippen MR) is 149 cm³/mol. The first-order valence-corrected chi connectivity index (χ1v) is 12.4. The number of carbonyl (C=O) groups is 3. The molecule has 0 bridgehead atoms. The van der Waals surface area contributed by atoms with Crippen LogP contribution < -0.4 is 10.5 Å². The lowest BCUT2D eigenvalue weighted by Gasteiger charge is -2.29. The molecule has 0 aliphatic carbocycles. The number of carbonyl (C=O) groups excluding carboxylic acids is 3. The molecule has 2 N–H and O–H groups in total. The van der Waals surface area contributed by atoms with E-state index in [4.69, 9.17) is 24.7 Å². The van der Waals surface area contributed by atoms with Gasteiger partial charge < -0.3 is 24.7 Å². The van der Waals surface area contributed by atoms with Gasteiger partial charge in [-0.05, 0) is 81.4 Å². The van der Waals surface area contributed by atoms with Gasteiger partial charge in [0.1, 0.15) is 22.6 Å². The van der Waals surface area contributed by atoms with Crippen molar-refractivity contribution in [3.8, 4) is 5.75 Å². The summed E-state index contributed by atoms with van der Waals surface area (Å²) >= 11 is 0. The Labute approximate surface area is 227 Å². The number of aliphatic imine (C=N–C) groups is 1. The quantitative estimate of drug-likeness (QED) is 0.251. The highest BCUT2D eigenvalue weighted by molar-refractivity contribution is 6.20. The summed E-state index contributed by atoms with van der Waals surface area (Å²) in [5.74, 6) is 0.0308. The van der Waals surface area contributed by atoms with Crippen molar-refractivity contribution < 1.29 is 33.3 Å². The zero-order valence-corrected chi connectivity index (χ0v) is 25.1. The van der Waals surface area contributed by atoms with Crippen LogP contribution in [0.1, 0.15) is 88.6 Å². The summed E-state index contributed by atoms with van der Waals surface area (Å²) in [6.45, 7) is 20.3. The monoisotopic (exact) mass is 535 g/mol. The van der Waals surface area contributed by atoms with Gasteiger partial charge >= 0.3 is 18.3 Å². The van der Waals surface area contributed by atoms with Crippen molar-refractivity contribution in [2.45, 2.75) is 99.9 Å². The molecule has 1 rings (SSSR count). The third-order valence-electron chi connectivity index (χ3n) is 4.09. The second-order valence-corrected chi connectivity index (χ2v) is 11.0. The van der Waals surface area contributed by atoms with Gasteiger partial charge in [-0.15, -0.1) is 0 Å². The van der Waals surface area contributed by atoms with Crippen LogP contribution in [-0.4, -0.2) is 52.9 Å². The molecule has 1 aromatic carbocycles. The molecule has 0 aliphatic rings. The first kappa shape index (κ1) is 34.4. The van der Waals surface area contributed by atoms with Gasteiger partial charge in [0.05, 0.1) is 7.11 Å². The third-order valence-corrected chi connectivity index (χ3v) is 4.09. The highest BCUT2D eigenvalue weighted by Crippen LogP contribution is 2.27. The lowest BCUT2D eigenvalue weighted by atomic mass is 10.1. The van der Waals surface area contributed by atoms with Crippen LogP contribution in [0.3, 0.4) is 0 Å². The zero-order valence-electron chi connectivity index (χ0n) is 25.1. The van der Waals surface area contributed by atoms with E-state index < -0.39 is 40.9 Å². The summed E-state index contributed by atoms with van der Waals surface area (Å²) in [5, 5.41) is 0. The zero-order chi connectivity index (χ0) is 30.1. The predicted octanol–water partition coefficient (Wildman–Crippen LogP) is 6.92. The smallest absolute Gasteiger partial charge is 0.436 e. The fraction of sp³-hybridized carbons (Fsp3) is 0.571. The van der Waals surface area contributed by atoms with Crippen molar-refractivity contribution in [2.75, 3.05) is 7.11 Å². The Morgan fingerprint density at radius 1 is 0.789 bits per heavy atom. The van der Waals surface area contributed by atoms with Crippen LogP contribution in [0.15, 0.2) is 34.8 Å². The van der Waals surface area contributed by atoms with Crippen molar-refractivity contribution in [3.63, 3.8) is 0 Å². The van der Waals surface area contributed by atoms with Crippen molar-refractivity contribution in [1.29, 1.82) is 0 Å². The van der Waals surface area contributed by atoms with E-state index in [1.54, 1.807) is 86.6 Å². The van der Waals surface area contributed by atoms with Gasteiger partial charge in [-0.3, -0.25) is 0 Å². The SMILES string of the molecule is CC.COc1ccccc1/C(N)=C(C)/C(=N/C(=O)OC(C)(C)C)N(C(=O)OC(C)(C)C)C(=O)OC(C)(C)C. The summed E-state index contributed by atoms with van der Waals surface area (Å²) in [4.78, 5) is 43.8. The number of nitrogens with zero attached hydrogens (tertiary/aromatic N) is 2. The average molecular weight is 536 g/mol. The molecular weight excluding hydrogens is 490 g/mol. The van der Waals surface area contributed by atoms with Gasteiger partial charge in [0.15, 0.2) is 5.84 Å². The Kier molecular flexibility index (Phi) is 12.5. The van der Waals surface area contributed by atoms with Gasteiger partial charge in [0, 0.05) is 16.8 Å². The summed E-state index contributed by atoms with van der Waals surface area (Å²) in [7, 11) is 1.48. The lowest BCUT2D eigenvalue weighted by molar-refractivity contribution is 0.0148. The summed E-state index contributed by atoms with van der Waals surface area (Å²) in [6.07, 6.45) is -3.25. The Morgan fingerprint density at radius 3 is 1.61 bits per heavy atom. The standard InChI is InChI=1S/C26H39N3O7.C2H6/c1-16(19(27)17-14-12-13-15-18(17)33-11)20(28-21(30)34-24(2,3)4)29(22(31)35-25(5,6)7)23(32)36-26(8,9)10;1-2/h12-15H,27H2,1-11H3;1-2H3/b19-16-,28-20-;. The second kappa shape index (κ2) is 13.8. The number of amides is 3. The number of benzene rings is 1. The fourth-order valence-corrected chi connectivity index (χ4v) is 2.73. The lowest BCUT2D eigenvalue weighted by Crippen LogP contribution is -2.48. The molecule has 0 saturated carbocycles. The number of imide groups is 1. The van der Waals surface area contributed by atoms with Crippen LogP contribution in [0.2, 0.25) is 0 Å². The minimum atomic E-state index is -1.11. The largest absolute Gasteiger partial charge is 0.496 e. The maximum Gasteiger partial charge on any atom is 0.436 e. The van der Waals surface area contributed by atoms with Crippen LogP contribution in [0, 0.1) is 0 Å². The molecule has 0 aliphatic heterocycles. The molecule has 1 aromatic rings. The minimum absolute atomic E-state index is 0.104. The first-order chi connectivity index (χ1) is 17.3. The maximum absolute atomic E-state index is 13.3. The number of ether oxygens (including phenoxy) is 4. The molecule has 0 atom stereocenters. The highest BCUT2D eigenvalue weighted by atomic mass is 16.6. The molecule has 38 heavy (non-hydrogen) atoms. The van der Waals surface area contributed by atoms with Crippen molar-refractivity contribution in [3.05, 3.63) is 35.4 Å². The van der Waals surface area contributed by atoms with Crippen LogP contribution in [0.5, 0.6) is 5.75 Å². The van der Waals surface area contributed by atoms with Gasteiger partial charge in [0.25, 0.3) is 0 Å². The van der Waals surface area contributed by atoms with Gasteiger partial charge in [-0.2, -0.15) is 9.89 Å². The fourth-order valence-electron chi connectivity index (χ4n) is 2.73. The molecule has 0 spiro atoms. The van der Waals surface area contributed by atoms with Crippen LogP contribution in [0.25, 0.3) is 5.70 Å². The Morgan fingerprint density at radius 2 is 1.21 bits per heavy atom. The Hall–Kier alpha value is -3.56. The number of hydrogen-bond donors (Lipinski definition) is 1. The number of nitrogens with two attached hydrogens (primary N) is 1. The number of amidine groups is 1.